The van der Waals surface area contributed by atoms with Crippen LogP contribution in [0.15, 0.2) is 42.6 Å². The number of benzene rings is 1. The van der Waals surface area contributed by atoms with Gasteiger partial charge in [-0.1, -0.05) is 18.6 Å². The van der Waals surface area contributed by atoms with E-state index >= 15 is 0 Å². The van der Waals surface area contributed by atoms with Crippen molar-refractivity contribution in [3.05, 3.63) is 59.8 Å². The predicted octanol–water partition coefficient (Wildman–Crippen LogP) is 3.82. The highest BCUT2D eigenvalue weighted by Gasteiger charge is 2.26. The topological polar surface area (TPSA) is 44.8 Å². The van der Waals surface area contributed by atoms with Gasteiger partial charge >= 0.3 is 0 Å². The number of halogens is 1. The normalized spacial score (nSPS) is 19.3. The number of likely N-dealkylation sites (tertiary alicyclic amines) is 1. The lowest BCUT2D eigenvalue weighted by atomic mass is 10.0. The van der Waals surface area contributed by atoms with Gasteiger partial charge in [0.2, 0.25) is 0 Å². The van der Waals surface area contributed by atoms with Crippen LogP contribution in [-0.4, -0.2) is 26.4 Å². The van der Waals surface area contributed by atoms with E-state index in [0.717, 1.165) is 42.1 Å². The second kappa shape index (κ2) is 6.08. The summed E-state index contributed by atoms with van der Waals surface area (Å²) >= 11 is 0. The SMILES string of the molecule is Fc1ccc(CN2CCCCC2c2nc3ncccc3[nH]2)cc1. The van der Waals surface area contributed by atoms with Crippen LogP contribution in [0.2, 0.25) is 0 Å². The largest absolute Gasteiger partial charge is 0.339 e. The van der Waals surface area contributed by atoms with Gasteiger partial charge in [0.15, 0.2) is 5.65 Å². The predicted molar refractivity (Wildman–Crippen MR) is 87.3 cm³/mol. The highest BCUT2D eigenvalue weighted by molar-refractivity contribution is 5.70. The number of pyridine rings is 1. The summed E-state index contributed by atoms with van der Waals surface area (Å²) in [5.74, 6) is 0.799. The van der Waals surface area contributed by atoms with Crippen molar-refractivity contribution in [2.75, 3.05) is 6.54 Å². The summed E-state index contributed by atoms with van der Waals surface area (Å²) in [5, 5.41) is 0. The molecule has 1 unspecified atom stereocenters. The number of nitrogens with one attached hydrogen (secondary N) is 1. The Morgan fingerprint density at radius 3 is 2.87 bits per heavy atom. The van der Waals surface area contributed by atoms with Crippen molar-refractivity contribution in [1.82, 2.24) is 19.9 Å². The Morgan fingerprint density at radius 2 is 2.04 bits per heavy atom. The van der Waals surface area contributed by atoms with Gasteiger partial charge in [0.25, 0.3) is 0 Å². The van der Waals surface area contributed by atoms with Gasteiger partial charge in [0.1, 0.15) is 11.6 Å². The molecule has 1 atom stereocenters. The van der Waals surface area contributed by atoms with Crippen LogP contribution in [0.25, 0.3) is 11.2 Å². The fourth-order valence-corrected chi connectivity index (χ4v) is 3.34. The second-order valence-corrected chi connectivity index (χ2v) is 6.11. The Morgan fingerprint density at radius 1 is 1.17 bits per heavy atom. The Labute approximate surface area is 134 Å². The minimum atomic E-state index is -0.188. The molecule has 1 fully saturated rings. The minimum Gasteiger partial charge on any atom is -0.339 e. The van der Waals surface area contributed by atoms with Crippen LogP contribution in [0, 0.1) is 5.82 Å². The fraction of sp³-hybridized carbons (Fsp3) is 0.333. The summed E-state index contributed by atoms with van der Waals surface area (Å²) in [6.07, 6.45) is 5.25. The zero-order valence-electron chi connectivity index (χ0n) is 12.9. The van der Waals surface area contributed by atoms with Gasteiger partial charge < -0.3 is 4.98 Å². The molecule has 1 N–H and O–H groups in total. The van der Waals surface area contributed by atoms with Crippen LogP contribution in [-0.2, 0) is 6.54 Å². The van der Waals surface area contributed by atoms with E-state index in [-0.39, 0.29) is 11.9 Å². The standard InChI is InChI=1S/C18H19FN4/c19-14-8-6-13(7-9-14)12-23-11-2-1-5-16(23)18-21-15-4-3-10-20-17(15)22-18/h3-4,6-10,16H,1-2,5,11-12H2,(H,20,21,22). The van der Waals surface area contributed by atoms with Gasteiger partial charge in [0, 0.05) is 12.7 Å². The van der Waals surface area contributed by atoms with Gasteiger partial charge in [-0.25, -0.2) is 14.4 Å². The highest BCUT2D eigenvalue weighted by atomic mass is 19.1. The number of hydrogen-bond donors (Lipinski definition) is 1. The lowest BCUT2D eigenvalue weighted by molar-refractivity contribution is 0.134. The zero-order valence-corrected chi connectivity index (χ0v) is 12.9. The Hall–Kier alpha value is -2.27. The maximum Gasteiger partial charge on any atom is 0.177 e. The molecule has 23 heavy (non-hydrogen) atoms. The fourth-order valence-electron chi connectivity index (χ4n) is 3.34. The maximum atomic E-state index is 13.1. The molecule has 1 aromatic carbocycles. The van der Waals surface area contributed by atoms with E-state index < -0.39 is 0 Å². The van der Waals surface area contributed by atoms with Crippen LogP contribution in [0.5, 0.6) is 0 Å². The molecule has 4 nitrogen and oxygen atoms in total. The number of hydrogen-bond acceptors (Lipinski definition) is 3. The molecule has 118 valence electrons. The molecule has 3 heterocycles. The van der Waals surface area contributed by atoms with Gasteiger partial charge in [-0.3, -0.25) is 4.90 Å². The molecule has 1 aliphatic rings. The molecule has 2 aromatic heterocycles. The Balaban J connectivity index is 1.60. The maximum absolute atomic E-state index is 13.1. The summed E-state index contributed by atoms with van der Waals surface area (Å²) in [4.78, 5) is 14.8. The van der Waals surface area contributed by atoms with E-state index in [2.05, 4.69) is 19.9 Å². The molecule has 1 aliphatic heterocycles. The number of aromatic nitrogens is 3. The second-order valence-electron chi connectivity index (χ2n) is 6.11. The van der Waals surface area contributed by atoms with Gasteiger partial charge in [0.05, 0.1) is 11.6 Å². The lowest BCUT2D eigenvalue weighted by Crippen LogP contribution is -2.33. The molecule has 0 bridgehead atoms. The smallest absolute Gasteiger partial charge is 0.177 e. The summed E-state index contributed by atoms with van der Waals surface area (Å²) < 4.78 is 13.1. The van der Waals surface area contributed by atoms with Crippen molar-refractivity contribution in [1.29, 1.82) is 0 Å². The Bertz CT molecular complexity index is 763. The molecule has 5 heteroatoms. The first-order valence-corrected chi connectivity index (χ1v) is 8.09. The van der Waals surface area contributed by atoms with Crippen LogP contribution >= 0.6 is 0 Å². The van der Waals surface area contributed by atoms with Crippen molar-refractivity contribution in [3.8, 4) is 0 Å². The average molecular weight is 310 g/mol. The zero-order chi connectivity index (χ0) is 15.6. The summed E-state index contributed by atoms with van der Waals surface area (Å²) in [6, 6.07) is 11.0. The summed E-state index contributed by atoms with van der Waals surface area (Å²) in [7, 11) is 0. The van der Waals surface area contributed by atoms with Gasteiger partial charge in [-0.05, 0) is 49.2 Å². The molecule has 0 amide bonds. The Kier molecular flexibility index (Phi) is 3.79. The molecule has 0 aliphatic carbocycles. The van der Waals surface area contributed by atoms with Gasteiger partial charge in [-0.2, -0.15) is 0 Å². The first-order valence-electron chi connectivity index (χ1n) is 8.09. The van der Waals surface area contributed by atoms with E-state index in [1.807, 2.05) is 24.3 Å². The van der Waals surface area contributed by atoms with E-state index in [9.17, 15) is 4.39 Å². The number of aromatic amines is 1. The average Bonchev–Trinajstić information content (AvgIpc) is 3.01. The third-order valence-corrected chi connectivity index (χ3v) is 4.50. The van der Waals surface area contributed by atoms with E-state index in [1.165, 1.54) is 25.0 Å². The molecule has 0 spiro atoms. The third-order valence-electron chi connectivity index (χ3n) is 4.50. The molecular formula is C18H19FN4. The van der Waals surface area contributed by atoms with Crippen LogP contribution in [0.3, 0.4) is 0 Å². The number of piperidine rings is 1. The van der Waals surface area contributed by atoms with E-state index in [1.54, 1.807) is 6.20 Å². The van der Waals surface area contributed by atoms with E-state index in [4.69, 9.17) is 0 Å². The number of H-pyrrole nitrogens is 1. The molecular weight excluding hydrogens is 291 g/mol. The number of imidazole rings is 1. The molecule has 1 saturated heterocycles. The van der Waals surface area contributed by atoms with Crippen LogP contribution in [0.4, 0.5) is 4.39 Å². The van der Waals surface area contributed by atoms with Crippen molar-refractivity contribution in [2.45, 2.75) is 31.8 Å². The first kappa shape index (κ1) is 14.3. The van der Waals surface area contributed by atoms with Crippen LogP contribution < -0.4 is 0 Å². The lowest BCUT2D eigenvalue weighted by Gasteiger charge is -2.34. The van der Waals surface area contributed by atoms with Crippen molar-refractivity contribution < 1.29 is 4.39 Å². The van der Waals surface area contributed by atoms with Crippen LogP contribution in [0.1, 0.15) is 36.7 Å². The van der Waals surface area contributed by atoms with Gasteiger partial charge in [-0.15, -0.1) is 0 Å². The molecule has 0 radical (unpaired) electrons. The van der Waals surface area contributed by atoms with Crippen molar-refractivity contribution in [3.63, 3.8) is 0 Å². The highest BCUT2D eigenvalue weighted by Crippen LogP contribution is 2.31. The summed E-state index contributed by atoms with van der Waals surface area (Å²) in [5.41, 5.74) is 2.89. The monoisotopic (exact) mass is 310 g/mol. The minimum absolute atomic E-state index is 0.188. The number of nitrogens with zero attached hydrogens (tertiary/aromatic N) is 3. The number of fused-ring (bicyclic) bond motifs is 1. The molecule has 0 saturated carbocycles. The van der Waals surface area contributed by atoms with Crippen molar-refractivity contribution >= 4 is 11.2 Å². The summed E-state index contributed by atoms with van der Waals surface area (Å²) in [6.45, 7) is 1.85. The number of rotatable bonds is 3. The third kappa shape index (κ3) is 2.97. The molecule has 4 rings (SSSR count). The first-order chi connectivity index (χ1) is 11.3. The molecule has 3 aromatic rings. The van der Waals surface area contributed by atoms with Crippen molar-refractivity contribution in [2.24, 2.45) is 0 Å². The quantitative estimate of drug-likeness (QED) is 0.800. The van der Waals surface area contributed by atoms with E-state index in [0.29, 0.717) is 0 Å².